The Morgan fingerprint density at radius 3 is 2.62 bits per heavy atom. The highest BCUT2D eigenvalue weighted by molar-refractivity contribution is 6.31. The first-order valence-electron chi connectivity index (χ1n) is 11.3. The number of halogens is 1. The van der Waals surface area contributed by atoms with Gasteiger partial charge in [-0.15, -0.1) is 0 Å². The number of Topliss-reactive ketones (excluding diaryl/α,β-unsaturated/α-hetero) is 1. The summed E-state index contributed by atoms with van der Waals surface area (Å²) in [6.45, 7) is 13.5. The van der Waals surface area contributed by atoms with Crippen LogP contribution in [0.4, 0.5) is 0 Å². The van der Waals surface area contributed by atoms with E-state index in [1.54, 1.807) is 11.0 Å². The molecular weight excluding hydrogens is 422 g/mol. The van der Waals surface area contributed by atoms with Crippen LogP contribution in [-0.4, -0.2) is 66.2 Å². The number of piperazine rings is 1. The number of ketones is 1. The second-order valence-corrected chi connectivity index (χ2v) is 8.71. The molecule has 1 aromatic rings. The van der Waals surface area contributed by atoms with Crippen LogP contribution in [0.2, 0.25) is 5.02 Å². The molecule has 32 heavy (non-hydrogen) atoms. The van der Waals surface area contributed by atoms with Gasteiger partial charge < -0.3 is 14.7 Å². The molecule has 0 saturated carbocycles. The van der Waals surface area contributed by atoms with Gasteiger partial charge in [0.25, 0.3) is 0 Å². The van der Waals surface area contributed by atoms with E-state index in [1.807, 2.05) is 49.2 Å². The van der Waals surface area contributed by atoms with E-state index in [9.17, 15) is 9.59 Å². The first kappa shape index (κ1) is 25.9. The van der Waals surface area contributed by atoms with Gasteiger partial charge in [-0.3, -0.25) is 9.59 Å². The topological polar surface area (TPSA) is 43.9 Å². The third-order valence-electron chi connectivity index (χ3n) is 5.64. The summed E-state index contributed by atoms with van der Waals surface area (Å²) in [6.07, 6.45) is 7.52. The molecule has 1 fully saturated rings. The van der Waals surface area contributed by atoms with Crippen LogP contribution in [0.5, 0.6) is 0 Å². The van der Waals surface area contributed by atoms with Gasteiger partial charge in [0, 0.05) is 42.9 Å². The van der Waals surface area contributed by atoms with Crippen molar-refractivity contribution in [3.05, 3.63) is 70.5 Å². The normalized spacial score (nSPS) is 15.2. The van der Waals surface area contributed by atoms with Crippen molar-refractivity contribution in [2.45, 2.75) is 40.0 Å². The summed E-state index contributed by atoms with van der Waals surface area (Å²) in [7, 11) is 2.01. The van der Waals surface area contributed by atoms with Crippen LogP contribution < -0.4 is 0 Å². The van der Waals surface area contributed by atoms with Gasteiger partial charge in [-0.1, -0.05) is 62.7 Å². The van der Waals surface area contributed by atoms with Gasteiger partial charge in [0.15, 0.2) is 5.78 Å². The predicted molar refractivity (Wildman–Crippen MR) is 133 cm³/mol. The minimum absolute atomic E-state index is 0.0210. The average molecular weight is 458 g/mol. The summed E-state index contributed by atoms with van der Waals surface area (Å²) >= 11 is 6.36. The lowest BCUT2D eigenvalue weighted by Gasteiger charge is -2.38. The van der Waals surface area contributed by atoms with Crippen LogP contribution in [0.3, 0.4) is 0 Å². The summed E-state index contributed by atoms with van der Waals surface area (Å²) in [5, 5.41) is 0.614. The fraction of sp³-hybridized carbons (Fsp3) is 0.462. The smallest absolute Gasteiger partial charge is 0.246 e. The fourth-order valence-corrected chi connectivity index (χ4v) is 3.83. The van der Waals surface area contributed by atoms with Gasteiger partial charge in [0.1, 0.15) is 0 Å². The highest BCUT2D eigenvalue weighted by atomic mass is 35.5. The first-order valence-corrected chi connectivity index (χ1v) is 11.7. The lowest BCUT2D eigenvalue weighted by molar-refractivity contribution is -0.126. The van der Waals surface area contributed by atoms with Gasteiger partial charge in [-0.2, -0.15) is 0 Å². The number of likely N-dealkylation sites (N-methyl/N-ethyl adjacent to an activating group) is 1. The fourth-order valence-electron chi connectivity index (χ4n) is 3.53. The molecule has 0 unspecified atom stereocenters. The maximum absolute atomic E-state index is 13.2. The van der Waals surface area contributed by atoms with Crippen LogP contribution >= 0.6 is 11.6 Å². The number of hydrogen-bond donors (Lipinski definition) is 0. The largest absolute Gasteiger partial charge is 0.340 e. The van der Waals surface area contributed by atoms with E-state index in [4.69, 9.17) is 11.6 Å². The number of unbranched alkanes of at least 4 members (excludes halogenated alkanes) is 1. The van der Waals surface area contributed by atoms with Crippen molar-refractivity contribution in [1.29, 1.82) is 0 Å². The minimum Gasteiger partial charge on any atom is -0.340 e. The van der Waals surface area contributed by atoms with Crippen molar-refractivity contribution in [2.24, 2.45) is 0 Å². The molecule has 5 nitrogen and oxygen atoms in total. The van der Waals surface area contributed by atoms with Crippen molar-refractivity contribution >= 4 is 23.3 Å². The van der Waals surface area contributed by atoms with Crippen LogP contribution in [-0.2, 0) is 16.0 Å². The molecule has 0 spiro atoms. The quantitative estimate of drug-likeness (QED) is 0.481. The van der Waals surface area contributed by atoms with Crippen LogP contribution in [0.25, 0.3) is 0 Å². The summed E-state index contributed by atoms with van der Waals surface area (Å²) in [4.78, 5) is 31.7. The Labute approximate surface area is 198 Å². The molecule has 1 amide bonds. The number of carbonyl (C=O) groups excluding carboxylic acids is 2. The molecule has 2 rings (SSSR count). The molecule has 0 N–H and O–H groups in total. The third kappa shape index (κ3) is 7.35. The van der Waals surface area contributed by atoms with E-state index in [-0.39, 0.29) is 18.1 Å². The van der Waals surface area contributed by atoms with E-state index in [0.29, 0.717) is 30.4 Å². The van der Waals surface area contributed by atoms with Gasteiger partial charge in [-0.05, 0) is 44.1 Å². The Morgan fingerprint density at radius 2 is 2.00 bits per heavy atom. The Hall–Kier alpha value is -2.37. The molecule has 1 aliphatic rings. The van der Waals surface area contributed by atoms with Crippen molar-refractivity contribution < 1.29 is 9.59 Å². The summed E-state index contributed by atoms with van der Waals surface area (Å²) < 4.78 is 0. The summed E-state index contributed by atoms with van der Waals surface area (Å²) in [5.41, 5.74) is 3.30. The lowest BCUT2D eigenvalue weighted by Crippen LogP contribution is -2.47. The SMILES string of the molecule is C=C1CN(C(=O)/C=C/CN(C)CC)CCN1/C(=C\CCC)C(=O)Cc1ccc(C)cc1Cl. The van der Waals surface area contributed by atoms with Crippen molar-refractivity contribution in [2.75, 3.05) is 39.8 Å². The second kappa shape index (κ2) is 12.6. The Kier molecular flexibility index (Phi) is 10.2. The molecule has 0 atom stereocenters. The molecule has 0 bridgehead atoms. The number of hydrogen-bond acceptors (Lipinski definition) is 4. The van der Waals surface area contributed by atoms with Gasteiger partial charge in [0.05, 0.1) is 12.2 Å². The Balaban J connectivity index is 2.08. The molecule has 0 aromatic heterocycles. The highest BCUT2D eigenvalue weighted by Gasteiger charge is 2.27. The molecule has 174 valence electrons. The molecular formula is C26H36ClN3O2. The van der Waals surface area contributed by atoms with E-state index >= 15 is 0 Å². The van der Waals surface area contributed by atoms with E-state index in [2.05, 4.69) is 25.3 Å². The van der Waals surface area contributed by atoms with Crippen molar-refractivity contribution in [3.63, 3.8) is 0 Å². The number of nitrogens with zero attached hydrogens (tertiary/aromatic N) is 3. The Bertz CT molecular complexity index is 891. The van der Waals surface area contributed by atoms with Crippen LogP contribution in [0.1, 0.15) is 37.8 Å². The van der Waals surface area contributed by atoms with Gasteiger partial charge >= 0.3 is 0 Å². The summed E-state index contributed by atoms with van der Waals surface area (Å²) in [5.74, 6) is -0.000201. The van der Waals surface area contributed by atoms with Crippen molar-refractivity contribution in [1.82, 2.24) is 14.7 Å². The van der Waals surface area contributed by atoms with Crippen LogP contribution in [0, 0.1) is 6.92 Å². The Morgan fingerprint density at radius 1 is 1.25 bits per heavy atom. The average Bonchev–Trinajstić information content (AvgIpc) is 2.76. The maximum Gasteiger partial charge on any atom is 0.246 e. The van der Waals surface area contributed by atoms with Crippen molar-refractivity contribution in [3.8, 4) is 0 Å². The molecule has 1 aliphatic heterocycles. The number of aryl methyl sites for hydroxylation is 1. The third-order valence-corrected chi connectivity index (χ3v) is 5.99. The second-order valence-electron chi connectivity index (χ2n) is 8.31. The number of allylic oxidation sites excluding steroid dienone is 2. The zero-order valence-electron chi connectivity index (χ0n) is 19.9. The first-order chi connectivity index (χ1) is 15.3. The number of carbonyl (C=O) groups is 2. The van der Waals surface area contributed by atoms with Gasteiger partial charge in [0.2, 0.25) is 5.91 Å². The number of rotatable bonds is 10. The molecule has 1 aromatic carbocycles. The van der Waals surface area contributed by atoms with E-state index in [0.717, 1.165) is 42.8 Å². The number of amides is 1. The minimum atomic E-state index is -0.0212. The van der Waals surface area contributed by atoms with Crippen LogP contribution in [0.15, 0.2) is 54.4 Å². The highest BCUT2D eigenvalue weighted by Crippen LogP contribution is 2.24. The van der Waals surface area contributed by atoms with E-state index in [1.165, 1.54) is 0 Å². The number of benzene rings is 1. The maximum atomic E-state index is 13.2. The van der Waals surface area contributed by atoms with E-state index < -0.39 is 0 Å². The lowest BCUT2D eigenvalue weighted by atomic mass is 10.0. The predicted octanol–water partition coefficient (Wildman–Crippen LogP) is 4.61. The van der Waals surface area contributed by atoms with Gasteiger partial charge in [-0.25, -0.2) is 0 Å². The zero-order chi connectivity index (χ0) is 23.7. The zero-order valence-corrected chi connectivity index (χ0v) is 20.6. The molecule has 0 aliphatic carbocycles. The monoisotopic (exact) mass is 457 g/mol. The molecule has 0 radical (unpaired) electrons. The standard InChI is InChI=1S/C26H36ClN3O2/c1-6-8-10-24(25(31)18-22-13-12-20(3)17-23(22)27)30-16-15-29(19-21(30)4)26(32)11-9-14-28(5)7-2/h9-13,17H,4,6-8,14-16,18-19H2,1-3,5H3/b11-9+,24-10-. The molecule has 6 heteroatoms. The summed E-state index contributed by atoms with van der Waals surface area (Å²) in [6, 6.07) is 5.77. The molecule has 1 heterocycles. The molecule has 1 saturated heterocycles.